The van der Waals surface area contributed by atoms with Crippen LogP contribution in [-0.2, 0) is 0 Å². The number of hydrogen-bond donors (Lipinski definition) is 1. The number of amides is 1. The Morgan fingerprint density at radius 1 is 1.53 bits per heavy atom. The van der Waals surface area contributed by atoms with Crippen LogP contribution in [0.4, 0.5) is 0 Å². The molecule has 0 unspecified atom stereocenters. The molecule has 5 heteroatoms. The molecule has 1 saturated carbocycles. The van der Waals surface area contributed by atoms with Gasteiger partial charge in [-0.2, -0.15) is 0 Å². The number of rotatable bonds is 5. The minimum absolute atomic E-state index is 0.0101. The summed E-state index contributed by atoms with van der Waals surface area (Å²) in [5, 5.41) is 9.14. The molecular weight excluding hydrogens is 310 g/mol. The number of carbonyl (C=O) groups excluding carboxylic acids is 1. The van der Waals surface area contributed by atoms with Crippen LogP contribution in [-0.4, -0.2) is 42.2 Å². The molecule has 0 aliphatic heterocycles. The molecule has 0 saturated heterocycles. The van der Waals surface area contributed by atoms with E-state index in [4.69, 9.17) is 9.84 Å². The highest BCUT2D eigenvalue weighted by molar-refractivity contribution is 9.10. The monoisotopic (exact) mass is 327 g/mol. The van der Waals surface area contributed by atoms with Crippen LogP contribution in [0.15, 0.2) is 22.7 Å². The third-order valence-corrected chi connectivity index (χ3v) is 4.21. The normalized spacial score (nSPS) is 14.9. The van der Waals surface area contributed by atoms with Gasteiger partial charge >= 0.3 is 0 Å². The Labute approximate surface area is 121 Å². The van der Waals surface area contributed by atoms with E-state index in [2.05, 4.69) is 15.9 Å². The number of aliphatic hydroxyl groups excluding tert-OH is 1. The lowest BCUT2D eigenvalue weighted by atomic mass is 9.91. The molecule has 104 valence electrons. The van der Waals surface area contributed by atoms with Gasteiger partial charge in [0, 0.05) is 17.1 Å². The first kappa shape index (κ1) is 14.3. The number of ether oxygens (including phenoxy) is 1. The number of carbonyl (C=O) groups is 1. The smallest absolute Gasteiger partial charge is 0.255 e. The van der Waals surface area contributed by atoms with Gasteiger partial charge in [-0.1, -0.05) is 0 Å². The van der Waals surface area contributed by atoms with Gasteiger partial charge in [-0.25, -0.2) is 0 Å². The Morgan fingerprint density at radius 3 is 2.79 bits per heavy atom. The molecule has 19 heavy (non-hydrogen) atoms. The zero-order valence-corrected chi connectivity index (χ0v) is 12.5. The molecule has 0 spiro atoms. The van der Waals surface area contributed by atoms with E-state index in [0.717, 1.165) is 23.7 Å². The Hall–Kier alpha value is -1.07. The SMILES string of the molecule is COc1ccc(Br)c(C(=O)N(CCO)C2CCC2)c1. The minimum atomic E-state index is -0.0514. The Balaban J connectivity index is 2.24. The summed E-state index contributed by atoms with van der Waals surface area (Å²) in [6.45, 7) is 0.372. The zero-order chi connectivity index (χ0) is 13.8. The summed E-state index contributed by atoms with van der Waals surface area (Å²) in [5.41, 5.74) is 0.583. The fraction of sp³-hybridized carbons (Fsp3) is 0.500. The van der Waals surface area contributed by atoms with Gasteiger partial charge in [0.25, 0.3) is 5.91 Å². The number of methoxy groups -OCH3 is 1. The predicted octanol–water partition coefficient (Wildman–Crippen LogP) is 2.44. The molecule has 1 aromatic rings. The lowest BCUT2D eigenvalue weighted by Gasteiger charge is -2.37. The van der Waals surface area contributed by atoms with Crippen molar-refractivity contribution in [2.45, 2.75) is 25.3 Å². The maximum Gasteiger partial charge on any atom is 0.255 e. The second kappa shape index (κ2) is 6.39. The van der Waals surface area contributed by atoms with Crippen molar-refractivity contribution in [3.63, 3.8) is 0 Å². The van der Waals surface area contributed by atoms with Gasteiger partial charge < -0.3 is 14.7 Å². The number of aliphatic hydroxyl groups is 1. The predicted molar refractivity (Wildman–Crippen MR) is 76.5 cm³/mol. The van der Waals surface area contributed by atoms with Crippen molar-refractivity contribution in [2.75, 3.05) is 20.3 Å². The maximum absolute atomic E-state index is 12.6. The van der Waals surface area contributed by atoms with Crippen LogP contribution in [0.25, 0.3) is 0 Å². The van der Waals surface area contributed by atoms with Crippen LogP contribution >= 0.6 is 15.9 Å². The van der Waals surface area contributed by atoms with E-state index in [-0.39, 0.29) is 18.6 Å². The fourth-order valence-corrected chi connectivity index (χ4v) is 2.62. The van der Waals surface area contributed by atoms with E-state index in [1.54, 1.807) is 24.1 Å². The van der Waals surface area contributed by atoms with E-state index >= 15 is 0 Å². The molecule has 4 nitrogen and oxygen atoms in total. The second-order valence-electron chi connectivity index (χ2n) is 4.65. The van der Waals surface area contributed by atoms with Crippen LogP contribution in [0.2, 0.25) is 0 Å². The molecular formula is C14H18BrNO3. The van der Waals surface area contributed by atoms with Crippen molar-refractivity contribution in [1.29, 1.82) is 0 Å². The second-order valence-corrected chi connectivity index (χ2v) is 5.51. The molecule has 2 rings (SSSR count). The quantitative estimate of drug-likeness (QED) is 0.903. The lowest BCUT2D eigenvalue weighted by Crippen LogP contribution is -2.45. The van der Waals surface area contributed by atoms with Crippen LogP contribution in [0.3, 0.4) is 0 Å². The van der Waals surface area contributed by atoms with Crippen molar-refractivity contribution in [3.8, 4) is 5.75 Å². The van der Waals surface area contributed by atoms with Crippen molar-refractivity contribution in [3.05, 3.63) is 28.2 Å². The summed E-state index contributed by atoms with van der Waals surface area (Å²) in [4.78, 5) is 14.4. The molecule has 0 bridgehead atoms. The lowest BCUT2D eigenvalue weighted by molar-refractivity contribution is 0.0524. The standard InChI is InChI=1S/C14H18BrNO3/c1-19-11-5-6-13(15)12(9-11)14(18)16(7-8-17)10-3-2-4-10/h5-6,9-10,17H,2-4,7-8H2,1H3. The molecule has 1 amide bonds. The highest BCUT2D eigenvalue weighted by atomic mass is 79.9. The first-order valence-electron chi connectivity index (χ1n) is 6.42. The number of benzene rings is 1. The van der Waals surface area contributed by atoms with E-state index in [0.29, 0.717) is 17.9 Å². The third kappa shape index (κ3) is 3.09. The molecule has 1 N–H and O–H groups in total. The molecule has 0 aromatic heterocycles. The van der Waals surface area contributed by atoms with Crippen molar-refractivity contribution in [1.82, 2.24) is 4.90 Å². The van der Waals surface area contributed by atoms with E-state index in [1.165, 1.54) is 0 Å². The molecule has 0 radical (unpaired) electrons. The summed E-state index contributed by atoms with van der Waals surface area (Å²) in [5.74, 6) is 0.605. The summed E-state index contributed by atoms with van der Waals surface area (Å²) in [6, 6.07) is 5.61. The first-order valence-corrected chi connectivity index (χ1v) is 7.22. The van der Waals surface area contributed by atoms with Crippen LogP contribution in [0.1, 0.15) is 29.6 Å². The van der Waals surface area contributed by atoms with Gasteiger partial charge in [0.05, 0.1) is 19.3 Å². The van der Waals surface area contributed by atoms with Gasteiger partial charge in [0.2, 0.25) is 0 Å². The number of halogens is 1. The highest BCUT2D eigenvalue weighted by Gasteiger charge is 2.29. The van der Waals surface area contributed by atoms with Gasteiger partial charge in [-0.3, -0.25) is 4.79 Å². The third-order valence-electron chi connectivity index (χ3n) is 3.52. The van der Waals surface area contributed by atoms with Gasteiger partial charge in [0.15, 0.2) is 0 Å². The Morgan fingerprint density at radius 2 is 2.26 bits per heavy atom. The number of nitrogens with zero attached hydrogens (tertiary/aromatic N) is 1. The van der Waals surface area contributed by atoms with E-state index < -0.39 is 0 Å². The molecule has 1 aliphatic rings. The molecule has 1 fully saturated rings. The van der Waals surface area contributed by atoms with Crippen molar-refractivity contribution in [2.24, 2.45) is 0 Å². The van der Waals surface area contributed by atoms with Crippen LogP contribution in [0.5, 0.6) is 5.75 Å². The Bertz CT molecular complexity index is 460. The minimum Gasteiger partial charge on any atom is -0.497 e. The van der Waals surface area contributed by atoms with E-state index in [1.807, 2.05) is 6.07 Å². The van der Waals surface area contributed by atoms with Crippen molar-refractivity contribution >= 4 is 21.8 Å². The van der Waals surface area contributed by atoms with Gasteiger partial charge in [0.1, 0.15) is 5.75 Å². The highest BCUT2D eigenvalue weighted by Crippen LogP contribution is 2.29. The molecule has 1 aromatic carbocycles. The molecule has 0 atom stereocenters. The van der Waals surface area contributed by atoms with Gasteiger partial charge in [-0.05, 0) is 53.4 Å². The van der Waals surface area contributed by atoms with Crippen molar-refractivity contribution < 1.29 is 14.6 Å². The van der Waals surface area contributed by atoms with Gasteiger partial charge in [-0.15, -0.1) is 0 Å². The zero-order valence-electron chi connectivity index (χ0n) is 10.9. The summed E-state index contributed by atoms with van der Waals surface area (Å²) >= 11 is 3.40. The maximum atomic E-state index is 12.6. The van der Waals surface area contributed by atoms with Crippen LogP contribution in [0, 0.1) is 0 Å². The topological polar surface area (TPSA) is 49.8 Å². The molecule has 0 heterocycles. The Kier molecular flexibility index (Phi) is 4.82. The molecule has 1 aliphatic carbocycles. The van der Waals surface area contributed by atoms with Crippen LogP contribution < -0.4 is 4.74 Å². The van der Waals surface area contributed by atoms with E-state index in [9.17, 15) is 4.79 Å². The fourth-order valence-electron chi connectivity index (χ4n) is 2.21. The summed E-state index contributed by atoms with van der Waals surface area (Å²) in [6.07, 6.45) is 3.19. The summed E-state index contributed by atoms with van der Waals surface area (Å²) < 4.78 is 5.91. The largest absolute Gasteiger partial charge is 0.497 e. The average molecular weight is 328 g/mol. The summed E-state index contributed by atoms with van der Waals surface area (Å²) in [7, 11) is 1.58. The average Bonchev–Trinajstić information content (AvgIpc) is 2.36. The first-order chi connectivity index (χ1) is 9.17. The number of hydrogen-bond acceptors (Lipinski definition) is 3.